The van der Waals surface area contributed by atoms with Crippen molar-refractivity contribution in [3.8, 4) is 0 Å². The number of hydrazone groups is 1. The first-order valence-corrected chi connectivity index (χ1v) is 13.7. The van der Waals surface area contributed by atoms with Crippen LogP contribution in [0.2, 0.25) is 5.02 Å². The van der Waals surface area contributed by atoms with Gasteiger partial charge in [0, 0.05) is 45.8 Å². The minimum atomic E-state index is -0.264. The number of morpholine rings is 1. The van der Waals surface area contributed by atoms with E-state index in [1.165, 1.54) is 0 Å². The first kappa shape index (κ1) is 27.1. The van der Waals surface area contributed by atoms with Gasteiger partial charge in [0.15, 0.2) is 0 Å². The van der Waals surface area contributed by atoms with Gasteiger partial charge in [-0.1, -0.05) is 53.6 Å². The topological polar surface area (TPSA) is 70.4 Å². The number of aromatic nitrogens is 1. The van der Waals surface area contributed by atoms with Crippen molar-refractivity contribution in [1.82, 2.24) is 19.4 Å². The summed E-state index contributed by atoms with van der Waals surface area (Å²) in [7, 11) is 1.97. The zero-order valence-electron chi connectivity index (χ0n) is 22.4. The normalized spacial score (nSPS) is 17.8. The highest BCUT2D eigenvalue weighted by atomic mass is 35.5. The summed E-state index contributed by atoms with van der Waals surface area (Å²) in [6, 6.07) is 18.9. The number of aryl methyl sites for hydroxylation is 2. The molecule has 0 spiro atoms. The quantitative estimate of drug-likeness (QED) is 0.425. The summed E-state index contributed by atoms with van der Waals surface area (Å²) in [6.07, 6.45) is 2.57. The SMILES string of the molecule is Cc1ccc([C@H]2CC(c3cccn3C)=NN2C(=O)CN(CCN2CCOCC2)C(=O)c2ccccc2Cl)cc1. The summed E-state index contributed by atoms with van der Waals surface area (Å²) < 4.78 is 7.47. The van der Waals surface area contributed by atoms with Gasteiger partial charge in [-0.15, -0.1) is 0 Å². The van der Waals surface area contributed by atoms with Crippen LogP contribution in [0, 0.1) is 6.92 Å². The molecule has 0 bridgehead atoms. The summed E-state index contributed by atoms with van der Waals surface area (Å²) >= 11 is 6.39. The Morgan fingerprint density at radius 2 is 1.79 bits per heavy atom. The van der Waals surface area contributed by atoms with Crippen molar-refractivity contribution in [2.24, 2.45) is 12.1 Å². The van der Waals surface area contributed by atoms with Crippen LogP contribution in [0.1, 0.15) is 39.6 Å². The van der Waals surface area contributed by atoms with E-state index < -0.39 is 0 Å². The van der Waals surface area contributed by atoms with E-state index in [0.29, 0.717) is 43.3 Å². The summed E-state index contributed by atoms with van der Waals surface area (Å²) in [4.78, 5) is 31.4. The minimum absolute atomic E-state index is 0.0966. The van der Waals surface area contributed by atoms with Crippen LogP contribution in [0.25, 0.3) is 0 Å². The van der Waals surface area contributed by atoms with Crippen LogP contribution in [0.3, 0.4) is 0 Å². The lowest BCUT2D eigenvalue weighted by atomic mass is 9.99. The van der Waals surface area contributed by atoms with Crippen molar-refractivity contribution in [3.05, 3.63) is 94.3 Å². The number of amides is 2. The maximum absolute atomic E-state index is 13.9. The molecule has 2 aliphatic rings. The fraction of sp³-hybridized carbons (Fsp3) is 0.367. The smallest absolute Gasteiger partial charge is 0.262 e. The molecule has 1 atom stereocenters. The molecule has 1 saturated heterocycles. The van der Waals surface area contributed by atoms with Crippen molar-refractivity contribution >= 4 is 29.1 Å². The minimum Gasteiger partial charge on any atom is -0.379 e. The van der Waals surface area contributed by atoms with Gasteiger partial charge in [0.2, 0.25) is 0 Å². The molecule has 204 valence electrons. The molecule has 0 unspecified atom stereocenters. The number of carbonyl (C=O) groups excluding carboxylic acids is 2. The Bertz CT molecular complexity index is 1350. The highest BCUT2D eigenvalue weighted by molar-refractivity contribution is 6.33. The van der Waals surface area contributed by atoms with Gasteiger partial charge in [-0.2, -0.15) is 5.10 Å². The number of ether oxygens (including phenoxy) is 1. The molecule has 8 nitrogen and oxygen atoms in total. The number of hydrogen-bond donors (Lipinski definition) is 0. The van der Waals surface area contributed by atoms with Crippen LogP contribution in [-0.4, -0.2) is 82.8 Å². The third kappa shape index (κ3) is 6.24. The molecule has 2 amide bonds. The van der Waals surface area contributed by atoms with Crippen LogP contribution in [0.4, 0.5) is 0 Å². The zero-order chi connectivity index (χ0) is 27.4. The fourth-order valence-corrected chi connectivity index (χ4v) is 5.30. The van der Waals surface area contributed by atoms with E-state index in [4.69, 9.17) is 21.4 Å². The van der Waals surface area contributed by atoms with Crippen molar-refractivity contribution < 1.29 is 14.3 Å². The monoisotopic (exact) mass is 547 g/mol. The molecular formula is C30H34ClN5O3. The van der Waals surface area contributed by atoms with Crippen molar-refractivity contribution in [2.75, 3.05) is 45.9 Å². The molecule has 1 fully saturated rings. The Labute approximate surface area is 234 Å². The molecule has 39 heavy (non-hydrogen) atoms. The second-order valence-electron chi connectivity index (χ2n) is 10.1. The lowest BCUT2D eigenvalue weighted by Gasteiger charge is -2.31. The predicted molar refractivity (Wildman–Crippen MR) is 152 cm³/mol. The fourth-order valence-electron chi connectivity index (χ4n) is 5.08. The highest BCUT2D eigenvalue weighted by Gasteiger charge is 2.35. The van der Waals surface area contributed by atoms with E-state index >= 15 is 0 Å². The maximum Gasteiger partial charge on any atom is 0.262 e. The van der Waals surface area contributed by atoms with Crippen LogP contribution >= 0.6 is 11.6 Å². The van der Waals surface area contributed by atoms with E-state index in [0.717, 1.165) is 35.6 Å². The van der Waals surface area contributed by atoms with Crippen LogP contribution in [0.5, 0.6) is 0 Å². The summed E-state index contributed by atoms with van der Waals surface area (Å²) in [5.41, 5.74) is 4.37. The van der Waals surface area contributed by atoms with E-state index in [2.05, 4.69) is 17.0 Å². The number of benzene rings is 2. The second-order valence-corrected chi connectivity index (χ2v) is 10.5. The average molecular weight is 548 g/mol. The van der Waals surface area contributed by atoms with Gasteiger partial charge in [0.25, 0.3) is 11.8 Å². The van der Waals surface area contributed by atoms with E-state index in [1.54, 1.807) is 34.2 Å². The van der Waals surface area contributed by atoms with Gasteiger partial charge in [0.05, 0.1) is 41.2 Å². The molecule has 2 aromatic carbocycles. The molecule has 0 N–H and O–H groups in total. The van der Waals surface area contributed by atoms with Gasteiger partial charge < -0.3 is 14.2 Å². The van der Waals surface area contributed by atoms with Gasteiger partial charge in [-0.3, -0.25) is 14.5 Å². The van der Waals surface area contributed by atoms with Gasteiger partial charge >= 0.3 is 0 Å². The van der Waals surface area contributed by atoms with Crippen molar-refractivity contribution in [3.63, 3.8) is 0 Å². The van der Waals surface area contributed by atoms with Crippen LogP contribution in [-0.2, 0) is 16.6 Å². The van der Waals surface area contributed by atoms with Crippen molar-refractivity contribution in [1.29, 1.82) is 0 Å². The summed E-state index contributed by atoms with van der Waals surface area (Å²) in [5.74, 6) is -0.493. The van der Waals surface area contributed by atoms with Gasteiger partial charge in [0.1, 0.15) is 6.54 Å². The highest BCUT2D eigenvalue weighted by Crippen LogP contribution is 2.33. The first-order chi connectivity index (χ1) is 18.9. The van der Waals surface area contributed by atoms with Crippen LogP contribution in [0.15, 0.2) is 72.0 Å². The van der Waals surface area contributed by atoms with E-state index in [1.807, 2.05) is 49.0 Å². The van der Waals surface area contributed by atoms with Crippen molar-refractivity contribution in [2.45, 2.75) is 19.4 Å². The maximum atomic E-state index is 13.9. The number of nitrogens with zero attached hydrogens (tertiary/aromatic N) is 5. The molecule has 1 aromatic heterocycles. The molecular weight excluding hydrogens is 514 g/mol. The predicted octanol–water partition coefficient (Wildman–Crippen LogP) is 4.14. The number of hydrogen-bond acceptors (Lipinski definition) is 5. The lowest BCUT2D eigenvalue weighted by molar-refractivity contribution is -0.133. The molecule has 3 aromatic rings. The lowest BCUT2D eigenvalue weighted by Crippen LogP contribution is -2.46. The van der Waals surface area contributed by atoms with E-state index in [-0.39, 0.29) is 24.4 Å². The Balaban J connectivity index is 1.41. The Kier molecular flexibility index (Phi) is 8.45. The molecule has 0 aliphatic carbocycles. The molecule has 9 heteroatoms. The standard InChI is InChI=1S/C30H34ClN5O3/c1-22-9-11-23(12-10-22)28-20-26(27-8-5-13-33(27)2)32-36(28)29(37)21-35(15-14-34-16-18-39-19-17-34)30(38)24-6-3-4-7-25(24)31/h3-13,28H,14-21H2,1-2H3/t28-/m1/s1. The van der Waals surface area contributed by atoms with Gasteiger partial charge in [-0.05, 0) is 36.8 Å². The Morgan fingerprint density at radius 3 is 2.49 bits per heavy atom. The largest absolute Gasteiger partial charge is 0.379 e. The number of rotatable bonds is 8. The summed E-state index contributed by atoms with van der Waals surface area (Å²) in [5, 5.41) is 6.75. The molecule has 2 aliphatic heterocycles. The molecule has 5 rings (SSSR count). The first-order valence-electron chi connectivity index (χ1n) is 13.3. The van der Waals surface area contributed by atoms with Crippen LogP contribution < -0.4 is 0 Å². The molecule has 0 saturated carbocycles. The Hall–Kier alpha value is -3.46. The number of halogens is 1. The molecule has 3 heterocycles. The van der Waals surface area contributed by atoms with E-state index in [9.17, 15) is 9.59 Å². The van der Waals surface area contributed by atoms with Gasteiger partial charge in [-0.25, -0.2) is 5.01 Å². The second kappa shape index (κ2) is 12.2. The summed E-state index contributed by atoms with van der Waals surface area (Å²) in [6.45, 7) is 5.92. The zero-order valence-corrected chi connectivity index (χ0v) is 23.2. The average Bonchev–Trinajstić information content (AvgIpc) is 3.58. The Morgan fingerprint density at radius 1 is 1.05 bits per heavy atom. The molecule has 0 radical (unpaired) electrons. The third-order valence-corrected chi connectivity index (χ3v) is 7.70. The number of carbonyl (C=O) groups is 2. The third-order valence-electron chi connectivity index (χ3n) is 7.37.